The number of carbonyl (C=O) groups is 2. The van der Waals surface area contributed by atoms with E-state index in [9.17, 15) is 41.1 Å². The Morgan fingerprint density at radius 3 is 2.06 bits per heavy atom. The Morgan fingerprint density at radius 1 is 0.962 bits per heavy atom. The molecule has 1 aliphatic rings. The third kappa shape index (κ3) is 19.1. The zero-order chi connectivity index (χ0) is 39.2. The third-order valence-corrected chi connectivity index (χ3v) is 8.49. The van der Waals surface area contributed by atoms with Crippen LogP contribution in [0.1, 0.15) is 89.2 Å². The minimum absolute atomic E-state index is 0.0461. The van der Waals surface area contributed by atoms with E-state index in [4.69, 9.17) is 0 Å². The number of carbonyl (C=O) groups excluding carboxylic acids is 2. The number of urea groups is 1. The summed E-state index contributed by atoms with van der Waals surface area (Å²) in [4.78, 5) is 27.7. The van der Waals surface area contributed by atoms with Gasteiger partial charge < -0.3 is 20.3 Å². The van der Waals surface area contributed by atoms with Crippen LogP contribution in [0.5, 0.6) is 0 Å². The average Bonchev–Trinajstić information content (AvgIpc) is 3.64. The van der Waals surface area contributed by atoms with E-state index >= 15 is 0 Å². The van der Waals surface area contributed by atoms with Gasteiger partial charge in [-0.05, 0) is 75.3 Å². The van der Waals surface area contributed by atoms with Gasteiger partial charge in [-0.1, -0.05) is 55.8 Å². The van der Waals surface area contributed by atoms with Crippen LogP contribution in [0.3, 0.4) is 0 Å². The molecular weight excluding hydrogens is 686 g/mol. The number of hydrogen-bond acceptors (Lipinski definition) is 4. The zero-order valence-corrected chi connectivity index (χ0v) is 30.7. The molecule has 7 nitrogen and oxygen atoms in total. The highest BCUT2D eigenvalue weighted by Gasteiger charge is 2.30. The Kier molecular flexibility index (Phi) is 21.7. The molecule has 13 heteroatoms. The predicted molar refractivity (Wildman–Crippen MR) is 193 cm³/mol. The number of hydroxylamine groups is 2. The highest BCUT2D eigenvalue weighted by Crippen LogP contribution is 2.29. The summed E-state index contributed by atoms with van der Waals surface area (Å²) in [5.74, 6) is -2.72. The van der Waals surface area contributed by atoms with Gasteiger partial charge in [-0.25, -0.2) is 18.0 Å². The maximum absolute atomic E-state index is 13.1. The molecule has 0 aromatic heterocycles. The zero-order valence-electron chi connectivity index (χ0n) is 30.7. The van der Waals surface area contributed by atoms with E-state index in [1.807, 2.05) is 6.92 Å². The van der Waals surface area contributed by atoms with Crippen LogP contribution in [0.4, 0.5) is 31.1 Å². The van der Waals surface area contributed by atoms with Gasteiger partial charge in [0.15, 0.2) is 0 Å². The van der Waals surface area contributed by atoms with Gasteiger partial charge in [0.1, 0.15) is 5.82 Å². The number of likely N-dealkylation sites (tertiary alicyclic amines) is 1. The molecule has 2 aromatic rings. The fraction of sp³-hybridized carbons (Fsp3) is 0.538. The molecule has 52 heavy (non-hydrogen) atoms. The maximum Gasteiger partial charge on any atom is 0.416 e. The van der Waals surface area contributed by atoms with Crippen LogP contribution in [0.15, 0.2) is 79.9 Å². The van der Waals surface area contributed by atoms with E-state index in [1.54, 1.807) is 54.1 Å². The second-order valence-corrected chi connectivity index (χ2v) is 12.8. The summed E-state index contributed by atoms with van der Waals surface area (Å²) in [5, 5.41) is 13.4. The van der Waals surface area contributed by atoms with Gasteiger partial charge in [-0.2, -0.15) is 18.2 Å². The van der Waals surface area contributed by atoms with Crippen molar-refractivity contribution in [3.8, 4) is 0 Å². The minimum atomic E-state index is -4.39. The number of amides is 3. The van der Waals surface area contributed by atoms with Crippen LogP contribution in [-0.2, 0) is 17.5 Å². The normalized spacial score (nSPS) is 13.9. The van der Waals surface area contributed by atoms with Crippen molar-refractivity contribution >= 4 is 11.9 Å². The van der Waals surface area contributed by atoms with Crippen molar-refractivity contribution in [2.24, 2.45) is 0 Å². The van der Waals surface area contributed by atoms with Gasteiger partial charge >= 0.3 is 12.2 Å². The first kappa shape index (κ1) is 46.2. The molecule has 0 saturated carbocycles. The van der Waals surface area contributed by atoms with Gasteiger partial charge in [0.05, 0.1) is 5.56 Å². The van der Waals surface area contributed by atoms with Gasteiger partial charge in [0.25, 0.3) is 0 Å². The van der Waals surface area contributed by atoms with Crippen molar-refractivity contribution in [3.63, 3.8) is 0 Å². The monoisotopic (exact) mass is 742 g/mol. The first-order chi connectivity index (χ1) is 24.5. The van der Waals surface area contributed by atoms with Crippen LogP contribution in [-0.4, -0.2) is 76.7 Å². The van der Waals surface area contributed by atoms with Crippen molar-refractivity contribution in [1.82, 2.24) is 20.2 Å². The third-order valence-electron chi connectivity index (χ3n) is 8.49. The van der Waals surface area contributed by atoms with Crippen LogP contribution < -0.4 is 5.32 Å². The van der Waals surface area contributed by atoms with Gasteiger partial charge in [0, 0.05) is 64.6 Å². The van der Waals surface area contributed by atoms with Crippen LogP contribution in [0.25, 0.3) is 0 Å². The topological polar surface area (TPSA) is 76.1 Å². The highest BCUT2D eigenvalue weighted by atomic mass is 19.4. The van der Waals surface area contributed by atoms with Crippen molar-refractivity contribution in [2.75, 3.05) is 26.7 Å². The Hall–Kier alpha value is -3.84. The molecule has 1 fully saturated rings. The van der Waals surface area contributed by atoms with Crippen LogP contribution >= 0.6 is 0 Å². The van der Waals surface area contributed by atoms with Crippen molar-refractivity contribution < 1.29 is 41.1 Å². The maximum atomic E-state index is 13.1. The lowest BCUT2D eigenvalue weighted by Crippen LogP contribution is -2.46. The molecule has 3 amide bonds. The Balaban J connectivity index is 0.000000484. The average molecular weight is 743 g/mol. The standard InChI is InChI=1S/C21H30F3N3O2.C12H21F2NO.C6H5F/c1-5-7-19(13-8-16(3)26(4)29)27(14-6-2)20(28)25-15-17-9-11-18(12-10-17)21(22,23)24;1-2-7-12(13,14)8-5-6-11(16)15-9-3-4-10-15;7-6-4-2-1-3-5-6/h5-6,9-12,16,19,29H,1-2,7-8,13-15H2,3-4H3,(H,25,28);2-10H2,1H3;1-5H. The summed E-state index contributed by atoms with van der Waals surface area (Å²) >= 11 is 0. The molecule has 2 aromatic carbocycles. The number of halogens is 6. The molecule has 2 atom stereocenters. The van der Waals surface area contributed by atoms with Crippen LogP contribution in [0.2, 0.25) is 0 Å². The first-order valence-electron chi connectivity index (χ1n) is 17.7. The second-order valence-electron chi connectivity index (χ2n) is 12.8. The number of nitrogens with zero attached hydrogens (tertiary/aromatic N) is 3. The Morgan fingerprint density at radius 2 is 1.58 bits per heavy atom. The molecule has 0 aliphatic carbocycles. The fourth-order valence-corrected chi connectivity index (χ4v) is 5.37. The molecule has 0 spiro atoms. The summed E-state index contributed by atoms with van der Waals surface area (Å²) in [7, 11) is 1.57. The molecule has 292 valence electrons. The van der Waals surface area contributed by atoms with Gasteiger partial charge in [-0.15, -0.1) is 13.2 Å². The van der Waals surface area contributed by atoms with Gasteiger partial charge in [-0.3, -0.25) is 4.79 Å². The quantitative estimate of drug-likeness (QED) is 0.0962. The number of nitrogens with one attached hydrogen (secondary N) is 1. The number of hydrogen-bond donors (Lipinski definition) is 2. The molecule has 2 N–H and O–H groups in total. The summed E-state index contributed by atoms with van der Waals surface area (Å²) in [5.41, 5.74) is -0.157. The number of rotatable bonds is 17. The molecule has 0 radical (unpaired) electrons. The summed E-state index contributed by atoms with van der Waals surface area (Å²) in [6.07, 6.45) is 3.83. The smallest absolute Gasteiger partial charge is 0.343 e. The lowest BCUT2D eigenvalue weighted by Gasteiger charge is -2.32. The van der Waals surface area contributed by atoms with E-state index in [1.165, 1.54) is 24.3 Å². The SMILES string of the molecule is C=CCC(CCC(C)N(C)O)N(CC=C)C(=O)NCc1ccc(C(F)(F)F)cc1.CCCC(F)(F)CCCC(=O)N1CCCC1.Fc1ccccc1. The summed E-state index contributed by atoms with van der Waals surface area (Å²) in [6, 6.07) is 12.1. The van der Waals surface area contributed by atoms with Crippen molar-refractivity contribution in [1.29, 1.82) is 0 Å². The van der Waals surface area contributed by atoms with Crippen molar-refractivity contribution in [2.45, 2.75) is 109 Å². The lowest BCUT2D eigenvalue weighted by atomic mass is 10.0. The highest BCUT2D eigenvalue weighted by molar-refractivity contribution is 5.76. The number of alkyl halides is 5. The minimum Gasteiger partial charge on any atom is -0.343 e. The van der Waals surface area contributed by atoms with Gasteiger partial charge in [0.2, 0.25) is 11.8 Å². The molecule has 0 bridgehead atoms. The Bertz CT molecular complexity index is 1300. The molecule has 3 rings (SSSR count). The largest absolute Gasteiger partial charge is 0.416 e. The summed E-state index contributed by atoms with van der Waals surface area (Å²) in [6.45, 7) is 13.1. The Labute approximate surface area is 305 Å². The van der Waals surface area contributed by atoms with E-state index in [0.29, 0.717) is 44.2 Å². The van der Waals surface area contributed by atoms with E-state index < -0.39 is 17.7 Å². The van der Waals surface area contributed by atoms with E-state index in [2.05, 4.69) is 18.5 Å². The van der Waals surface area contributed by atoms with Crippen LogP contribution in [0, 0.1) is 5.82 Å². The second kappa shape index (κ2) is 24.4. The predicted octanol–water partition coefficient (Wildman–Crippen LogP) is 9.88. The number of benzene rings is 2. The molecule has 2 unspecified atom stereocenters. The van der Waals surface area contributed by atoms with Crippen molar-refractivity contribution in [3.05, 3.63) is 96.9 Å². The molecule has 1 heterocycles. The molecular formula is C39H56F6N4O3. The fourth-order valence-electron chi connectivity index (χ4n) is 5.37. The summed E-state index contributed by atoms with van der Waals surface area (Å²) < 4.78 is 76.1. The molecule has 1 saturated heterocycles. The van der Waals surface area contributed by atoms with E-state index in [-0.39, 0.29) is 55.6 Å². The lowest BCUT2D eigenvalue weighted by molar-refractivity contribution is -0.137. The first-order valence-corrected chi connectivity index (χ1v) is 17.7. The van der Waals surface area contributed by atoms with E-state index in [0.717, 1.165) is 43.1 Å². The molecule has 1 aliphatic heterocycles.